The highest BCUT2D eigenvalue weighted by atomic mass is 19.1. The second-order valence-corrected chi connectivity index (χ2v) is 5.30. The molecular formula is C18H22FN. The van der Waals surface area contributed by atoms with Crippen molar-refractivity contribution in [3.05, 3.63) is 70.0 Å². The molecule has 0 saturated carbocycles. The minimum Gasteiger partial charge on any atom is -0.307 e. The van der Waals surface area contributed by atoms with Crippen LogP contribution in [0.15, 0.2) is 36.4 Å². The Kier molecular flexibility index (Phi) is 4.56. The highest BCUT2D eigenvalue weighted by Crippen LogP contribution is 2.28. The third-order valence-electron chi connectivity index (χ3n) is 3.75. The minimum atomic E-state index is -0.148. The Balaban J connectivity index is 2.53. The lowest BCUT2D eigenvalue weighted by Crippen LogP contribution is -2.23. The first-order chi connectivity index (χ1) is 9.54. The summed E-state index contributed by atoms with van der Waals surface area (Å²) in [5, 5.41) is 3.52. The molecule has 1 nitrogen and oxygen atoms in total. The molecule has 1 unspecified atom stereocenters. The summed E-state index contributed by atoms with van der Waals surface area (Å²) >= 11 is 0. The summed E-state index contributed by atoms with van der Waals surface area (Å²) in [6, 6.07) is 11.8. The van der Waals surface area contributed by atoms with Gasteiger partial charge in [-0.1, -0.05) is 37.3 Å². The van der Waals surface area contributed by atoms with Crippen LogP contribution in [0.5, 0.6) is 0 Å². The van der Waals surface area contributed by atoms with Gasteiger partial charge in [-0.2, -0.15) is 0 Å². The van der Waals surface area contributed by atoms with E-state index in [1.807, 2.05) is 19.1 Å². The van der Waals surface area contributed by atoms with Crippen molar-refractivity contribution in [2.45, 2.75) is 33.7 Å². The average Bonchev–Trinajstić information content (AvgIpc) is 2.41. The van der Waals surface area contributed by atoms with Gasteiger partial charge in [-0.15, -0.1) is 0 Å². The zero-order valence-corrected chi connectivity index (χ0v) is 12.6. The summed E-state index contributed by atoms with van der Waals surface area (Å²) in [7, 11) is 0. The van der Waals surface area contributed by atoms with E-state index < -0.39 is 0 Å². The lowest BCUT2D eigenvalue weighted by atomic mass is 9.90. The normalized spacial score (nSPS) is 12.4. The third-order valence-corrected chi connectivity index (χ3v) is 3.75. The summed E-state index contributed by atoms with van der Waals surface area (Å²) in [6.07, 6.45) is 0. The third kappa shape index (κ3) is 2.91. The molecule has 0 fully saturated rings. The summed E-state index contributed by atoms with van der Waals surface area (Å²) in [6.45, 7) is 9.03. The fourth-order valence-electron chi connectivity index (χ4n) is 2.72. The largest absolute Gasteiger partial charge is 0.307 e. The first kappa shape index (κ1) is 14.7. The van der Waals surface area contributed by atoms with Crippen LogP contribution >= 0.6 is 0 Å². The fourth-order valence-corrected chi connectivity index (χ4v) is 2.72. The fraction of sp³-hybridized carbons (Fsp3) is 0.333. The molecule has 0 radical (unpaired) electrons. The van der Waals surface area contributed by atoms with Gasteiger partial charge in [0, 0.05) is 0 Å². The van der Waals surface area contributed by atoms with E-state index in [9.17, 15) is 4.39 Å². The maximum Gasteiger partial charge on any atom is 0.126 e. The van der Waals surface area contributed by atoms with Gasteiger partial charge in [0.1, 0.15) is 5.82 Å². The van der Waals surface area contributed by atoms with Crippen molar-refractivity contribution in [2.24, 2.45) is 0 Å². The van der Waals surface area contributed by atoms with Crippen molar-refractivity contribution in [3.8, 4) is 0 Å². The van der Waals surface area contributed by atoms with Crippen LogP contribution in [0.1, 0.15) is 40.8 Å². The van der Waals surface area contributed by atoms with Crippen molar-refractivity contribution < 1.29 is 4.39 Å². The van der Waals surface area contributed by atoms with E-state index in [0.29, 0.717) is 5.56 Å². The molecule has 1 N–H and O–H groups in total. The number of nitrogens with one attached hydrogen (secondary N) is 1. The van der Waals surface area contributed by atoms with E-state index in [2.05, 4.69) is 44.3 Å². The van der Waals surface area contributed by atoms with Gasteiger partial charge < -0.3 is 5.32 Å². The van der Waals surface area contributed by atoms with Crippen LogP contribution in [-0.2, 0) is 0 Å². The van der Waals surface area contributed by atoms with Crippen molar-refractivity contribution in [1.82, 2.24) is 5.32 Å². The molecule has 1 atom stereocenters. The highest BCUT2D eigenvalue weighted by molar-refractivity contribution is 5.42. The van der Waals surface area contributed by atoms with Crippen LogP contribution < -0.4 is 5.32 Å². The maximum absolute atomic E-state index is 13.5. The minimum absolute atomic E-state index is 0.112. The molecule has 0 spiro atoms. The molecule has 0 heterocycles. The topological polar surface area (TPSA) is 12.0 Å². The van der Waals surface area contributed by atoms with E-state index in [1.54, 1.807) is 6.07 Å². The van der Waals surface area contributed by atoms with Crippen molar-refractivity contribution in [2.75, 3.05) is 6.54 Å². The molecule has 2 aromatic rings. The van der Waals surface area contributed by atoms with Gasteiger partial charge in [0.05, 0.1) is 6.04 Å². The number of rotatable bonds is 4. The Morgan fingerprint density at radius 3 is 2.20 bits per heavy atom. The van der Waals surface area contributed by atoms with Gasteiger partial charge in [-0.05, 0) is 61.2 Å². The van der Waals surface area contributed by atoms with Crippen molar-refractivity contribution in [1.29, 1.82) is 0 Å². The summed E-state index contributed by atoms with van der Waals surface area (Å²) in [5.74, 6) is -0.148. The van der Waals surface area contributed by atoms with Gasteiger partial charge in [0.25, 0.3) is 0 Å². The first-order valence-corrected chi connectivity index (χ1v) is 7.10. The molecule has 0 aliphatic carbocycles. The zero-order valence-electron chi connectivity index (χ0n) is 12.6. The van der Waals surface area contributed by atoms with Gasteiger partial charge in [-0.3, -0.25) is 0 Å². The molecule has 0 amide bonds. The Labute approximate surface area is 120 Å². The monoisotopic (exact) mass is 271 g/mol. The lowest BCUT2D eigenvalue weighted by molar-refractivity contribution is 0.604. The number of hydrogen-bond donors (Lipinski definition) is 1. The van der Waals surface area contributed by atoms with Crippen LogP contribution in [0.3, 0.4) is 0 Å². The summed E-state index contributed by atoms with van der Waals surface area (Å²) < 4.78 is 13.5. The highest BCUT2D eigenvalue weighted by Gasteiger charge is 2.17. The van der Waals surface area contributed by atoms with Gasteiger partial charge in [0.2, 0.25) is 0 Å². The molecule has 0 aromatic heterocycles. The molecule has 2 aromatic carbocycles. The smallest absolute Gasteiger partial charge is 0.126 e. The molecule has 0 saturated heterocycles. The first-order valence-electron chi connectivity index (χ1n) is 7.10. The standard InChI is InChI=1S/C18H22FN/c1-5-20-18(15-9-10-16(19)14(4)11-15)17-12(2)7-6-8-13(17)3/h6-11,18,20H,5H2,1-4H3. The Hall–Kier alpha value is -1.67. The number of aryl methyl sites for hydroxylation is 3. The second-order valence-electron chi connectivity index (χ2n) is 5.30. The number of halogens is 1. The van der Waals surface area contributed by atoms with Crippen LogP contribution in [0.4, 0.5) is 4.39 Å². The number of hydrogen-bond acceptors (Lipinski definition) is 1. The van der Waals surface area contributed by atoms with Crippen LogP contribution in [0.2, 0.25) is 0 Å². The molecule has 0 bridgehead atoms. The van der Waals surface area contributed by atoms with Crippen LogP contribution in [0, 0.1) is 26.6 Å². The molecular weight excluding hydrogens is 249 g/mol. The van der Waals surface area contributed by atoms with E-state index in [4.69, 9.17) is 0 Å². The molecule has 20 heavy (non-hydrogen) atoms. The van der Waals surface area contributed by atoms with E-state index in [1.165, 1.54) is 16.7 Å². The molecule has 0 aliphatic rings. The van der Waals surface area contributed by atoms with Crippen LogP contribution in [0.25, 0.3) is 0 Å². The van der Waals surface area contributed by atoms with Gasteiger partial charge in [-0.25, -0.2) is 4.39 Å². The van der Waals surface area contributed by atoms with Crippen molar-refractivity contribution in [3.63, 3.8) is 0 Å². The molecule has 2 heteroatoms. The van der Waals surface area contributed by atoms with Gasteiger partial charge in [0.15, 0.2) is 0 Å². The zero-order chi connectivity index (χ0) is 14.7. The Morgan fingerprint density at radius 1 is 1.00 bits per heavy atom. The van der Waals surface area contributed by atoms with Crippen molar-refractivity contribution >= 4 is 0 Å². The lowest BCUT2D eigenvalue weighted by Gasteiger charge is -2.23. The Bertz CT molecular complexity index is 584. The average molecular weight is 271 g/mol. The van der Waals surface area contributed by atoms with E-state index >= 15 is 0 Å². The Morgan fingerprint density at radius 2 is 1.65 bits per heavy atom. The van der Waals surface area contributed by atoms with Crippen LogP contribution in [-0.4, -0.2) is 6.54 Å². The van der Waals surface area contributed by atoms with E-state index in [0.717, 1.165) is 12.1 Å². The molecule has 106 valence electrons. The number of benzene rings is 2. The molecule has 0 aliphatic heterocycles. The van der Waals surface area contributed by atoms with Gasteiger partial charge >= 0.3 is 0 Å². The summed E-state index contributed by atoms with van der Waals surface area (Å²) in [5.41, 5.74) is 5.62. The predicted octanol–water partition coefficient (Wildman–Crippen LogP) is 4.45. The predicted molar refractivity (Wildman–Crippen MR) is 82.6 cm³/mol. The quantitative estimate of drug-likeness (QED) is 0.866. The second kappa shape index (κ2) is 6.19. The van der Waals surface area contributed by atoms with E-state index in [-0.39, 0.29) is 11.9 Å². The summed E-state index contributed by atoms with van der Waals surface area (Å²) in [4.78, 5) is 0. The maximum atomic E-state index is 13.5. The molecule has 2 rings (SSSR count). The SMILES string of the molecule is CCNC(c1ccc(F)c(C)c1)c1c(C)cccc1C.